The van der Waals surface area contributed by atoms with Crippen molar-refractivity contribution in [2.75, 3.05) is 6.54 Å². The molecule has 2 aromatic heterocycles. The molecule has 4 rings (SSSR count). The molecule has 0 saturated carbocycles. The van der Waals surface area contributed by atoms with Crippen LogP contribution in [0.2, 0.25) is 10.0 Å². The van der Waals surface area contributed by atoms with Gasteiger partial charge < -0.3 is 14.9 Å². The second kappa shape index (κ2) is 5.89. The number of carbonyl (C=O) groups is 1. The number of halogens is 2. The summed E-state index contributed by atoms with van der Waals surface area (Å²) < 4.78 is 0. The Morgan fingerprint density at radius 2 is 2.08 bits per heavy atom. The molecule has 0 aliphatic carbocycles. The lowest BCUT2D eigenvalue weighted by atomic mass is 9.97. The lowest BCUT2D eigenvalue weighted by Gasteiger charge is -2.33. The van der Waals surface area contributed by atoms with Crippen LogP contribution in [0, 0.1) is 0 Å². The van der Waals surface area contributed by atoms with Crippen LogP contribution in [0.3, 0.4) is 0 Å². The molecule has 3 heterocycles. The van der Waals surface area contributed by atoms with Crippen LogP contribution in [-0.2, 0) is 6.42 Å². The molecule has 8 heteroatoms. The molecule has 1 aromatic carbocycles. The van der Waals surface area contributed by atoms with Crippen molar-refractivity contribution >= 4 is 40.0 Å². The van der Waals surface area contributed by atoms with Crippen LogP contribution >= 0.6 is 23.2 Å². The van der Waals surface area contributed by atoms with Gasteiger partial charge in [-0.05, 0) is 13.0 Å². The second-order valence-corrected chi connectivity index (χ2v) is 6.79. The zero-order chi connectivity index (χ0) is 17.7. The predicted octanol–water partition coefficient (Wildman–Crippen LogP) is 3.32. The van der Waals surface area contributed by atoms with E-state index in [-0.39, 0.29) is 23.3 Å². The van der Waals surface area contributed by atoms with Crippen molar-refractivity contribution in [3.63, 3.8) is 0 Å². The van der Waals surface area contributed by atoms with Gasteiger partial charge in [0.1, 0.15) is 0 Å². The second-order valence-electron chi connectivity index (χ2n) is 6.01. The molecule has 0 spiro atoms. The van der Waals surface area contributed by atoms with Crippen LogP contribution in [-0.4, -0.2) is 32.3 Å². The van der Waals surface area contributed by atoms with E-state index in [1.54, 1.807) is 11.0 Å². The summed E-state index contributed by atoms with van der Waals surface area (Å²) in [5.41, 5.74) is 2.50. The number of benzene rings is 1. The number of nitrogens with zero attached hydrogens (tertiary/aromatic N) is 2. The number of amides is 1. The van der Waals surface area contributed by atoms with E-state index in [2.05, 4.69) is 15.0 Å². The van der Waals surface area contributed by atoms with Gasteiger partial charge in [0, 0.05) is 41.9 Å². The van der Waals surface area contributed by atoms with E-state index in [0.717, 1.165) is 22.2 Å². The molecular weight excluding hydrogens is 363 g/mol. The number of aromatic nitrogens is 3. The summed E-state index contributed by atoms with van der Waals surface area (Å²) in [7, 11) is 0. The Labute approximate surface area is 152 Å². The standard InChI is InChI=1S/C17H14Cl2N4O2/c1-8-13-9-2-3-10(18)14(19)15(9)21-11(13)5-7-23(8)17(25)16-20-6-4-12(24)22-16/h2-4,6,8,21H,5,7H2,1H3,(H,20,22,24)/t8-/m0/s1. The Hall–Kier alpha value is -2.31. The Morgan fingerprint density at radius 1 is 1.28 bits per heavy atom. The van der Waals surface area contributed by atoms with E-state index in [1.807, 2.05) is 13.0 Å². The highest BCUT2D eigenvalue weighted by Gasteiger charge is 2.32. The summed E-state index contributed by atoms with van der Waals surface area (Å²) >= 11 is 12.4. The van der Waals surface area contributed by atoms with Crippen molar-refractivity contribution in [2.45, 2.75) is 19.4 Å². The van der Waals surface area contributed by atoms with Crippen molar-refractivity contribution in [1.82, 2.24) is 19.9 Å². The van der Waals surface area contributed by atoms with Gasteiger partial charge >= 0.3 is 0 Å². The first-order valence-corrected chi connectivity index (χ1v) is 8.57. The van der Waals surface area contributed by atoms with Crippen molar-refractivity contribution in [3.05, 3.63) is 61.9 Å². The molecule has 6 nitrogen and oxygen atoms in total. The number of carbonyl (C=O) groups excluding carboxylic acids is 1. The smallest absolute Gasteiger partial charge is 0.290 e. The van der Waals surface area contributed by atoms with Crippen LogP contribution in [0.4, 0.5) is 0 Å². The van der Waals surface area contributed by atoms with Gasteiger partial charge in [0.25, 0.3) is 11.5 Å². The highest BCUT2D eigenvalue weighted by molar-refractivity contribution is 6.45. The van der Waals surface area contributed by atoms with Crippen molar-refractivity contribution in [2.24, 2.45) is 0 Å². The summed E-state index contributed by atoms with van der Waals surface area (Å²) in [6.45, 7) is 2.47. The Balaban J connectivity index is 1.78. The van der Waals surface area contributed by atoms with E-state index < -0.39 is 0 Å². The van der Waals surface area contributed by atoms with E-state index >= 15 is 0 Å². The normalized spacial score (nSPS) is 16.9. The van der Waals surface area contributed by atoms with Crippen LogP contribution in [0.25, 0.3) is 10.9 Å². The SMILES string of the molecule is C[C@H]1c2c([nH]c3c(Cl)c(Cl)ccc23)CCN1C(=O)c1nccc(=O)[nH]1. The average molecular weight is 377 g/mol. The summed E-state index contributed by atoms with van der Waals surface area (Å²) in [6, 6.07) is 4.75. The van der Waals surface area contributed by atoms with Gasteiger partial charge in [0.2, 0.25) is 0 Å². The molecule has 0 radical (unpaired) electrons. The minimum absolute atomic E-state index is 0.0451. The summed E-state index contributed by atoms with van der Waals surface area (Å²) in [5, 5.41) is 1.91. The summed E-state index contributed by atoms with van der Waals surface area (Å²) in [5.74, 6) is -0.256. The molecule has 1 aliphatic rings. The van der Waals surface area contributed by atoms with Crippen LogP contribution in [0.15, 0.2) is 29.2 Å². The van der Waals surface area contributed by atoms with Crippen molar-refractivity contribution < 1.29 is 4.79 Å². The zero-order valence-electron chi connectivity index (χ0n) is 13.3. The molecule has 0 unspecified atom stereocenters. The Morgan fingerprint density at radius 3 is 2.84 bits per heavy atom. The Kier molecular flexibility index (Phi) is 3.81. The number of aromatic amines is 2. The fourth-order valence-electron chi connectivity index (χ4n) is 3.43. The number of hydrogen-bond acceptors (Lipinski definition) is 3. The molecule has 2 N–H and O–H groups in total. The van der Waals surface area contributed by atoms with Gasteiger partial charge in [0.15, 0.2) is 5.82 Å². The molecule has 0 fully saturated rings. The monoisotopic (exact) mass is 376 g/mol. The van der Waals surface area contributed by atoms with Crippen molar-refractivity contribution in [3.8, 4) is 0 Å². The quantitative estimate of drug-likeness (QED) is 0.683. The fraction of sp³-hybridized carbons (Fsp3) is 0.235. The first-order valence-electron chi connectivity index (χ1n) is 7.82. The third kappa shape index (κ3) is 2.53. The van der Waals surface area contributed by atoms with Gasteiger partial charge in [-0.25, -0.2) is 4.98 Å². The first-order chi connectivity index (χ1) is 12.0. The molecule has 128 valence electrons. The Bertz CT molecular complexity index is 1060. The molecule has 1 atom stereocenters. The van der Waals surface area contributed by atoms with Gasteiger partial charge in [-0.1, -0.05) is 29.3 Å². The van der Waals surface area contributed by atoms with Crippen LogP contribution < -0.4 is 5.56 Å². The molecule has 3 aromatic rings. The highest BCUT2D eigenvalue weighted by atomic mass is 35.5. The number of rotatable bonds is 1. The molecule has 1 aliphatic heterocycles. The fourth-order valence-corrected chi connectivity index (χ4v) is 3.80. The average Bonchev–Trinajstić information content (AvgIpc) is 2.98. The lowest BCUT2D eigenvalue weighted by Crippen LogP contribution is -2.40. The third-order valence-corrected chi connectivity index (χ3v) is 5.41. The molecule has 25 heavy (non-hydrogen) atoms. The third-order valence-electron chi connectivity index (χ3n) is 4.61. The molecule has 1 amide bonds. The number of hydrogen-bond donors (Lipinski definition) is 2. The number of H-pyrrole nitrogens is 2. The summed E-state index contributed by atoms with van der Waals surface area (Å²) in [6.07, 6.45) is 1.99. The number of nitrogens with one attached hydrogen (secondary N) is 2. The van der Waals surface area contributed by atoms with Crippen LogP contribution in [0.1, 0.15) is 34.8 Å². The largest absolute Gasteiger partial charge is 0.357 e. The minimum Gasteiger partial charge on any atom is -0.357 e. The van der Waals surface area contributed by atoms with E-state index in [1.165, 1.54) is 12.3 Å². The van der Waals surface area contributed by atoms with E-state index in [0.29, 0.717) is 23.0 Å². The maximum Gasteiger partial charge on any atom is 0.290 e. The zero-order valence-corrected chi connectivity index (χ0v) is 14.8. The van der Waals surface area contributed by atoms with Gasteiger partial charge in [-0.2, -0.15) is 0 Å². The highest BCUT2D eigenvalue weighted by Crippen LogP contribution is 2.40. The predicted molar refractivity (Wildman–Crippen MR) is 96.3 cm³/mol. The maximum atomic E-state index is 12.8. The van der Waals surface area contributed by atoms with Gasteiger partial charge in [0.05, 0.1) is 21.6 Å². The molecule has 0 bridgehead atoms. The molecular formula is C17H14Cl2N4O2. The molecule has 0 saturated heterocycles. The van der Waals surface area contributed by atoms with Crippen molar-refractivity contribution in [1.29, 1.82) is 0 Å². The number of fused-ring (bicyclic) bond motifs is 3. The van der Waals surface area contributed by atoms with E-state index in [9.17, 15) is 9.59 Å². The first kappa shape index (κ1) is 16.2. The maximum absolute atomic E-state index is 12.8. The van der Waals surface area contributed by atoms with E-state index in [4.69, 9.17) is 23.2 Å². The van der Waals surface area contributed by atoms with Crippen LogP contribution in [0.5, 0.6) is 0 Å². The topological polar surface area (TPSA) is 81.8 Å². The summed E-state index contributed by atoms with van der Waals surface area (Å²) in [4.78, 5) is 35.8. The van der Waals surface area contributed by atoms with Gasteiger partial charge in [-0.3, -0.25) is 9.59 Å². The minimum atomic E-state index is -0.350. The lowest BCUT2D eigenvalue weighted by molar-refractivity contribution is 0.0665. The van der Waals surface area contributed by atoms with Gasteiger partial charge in [-0.15, -0.1) is 0 Å².